The Morgan fingerprint density at radius 2 is 2.32 bits per heavy atom. The van der Waals surface area contributed by atoms with Gasteiger partial charge in [-0.1, -0.05) is 0 Å². The highest BCUT2D eigenvalue weighted by Gasteiger charge is 2.12. The number of esters is 1. The van der Waals surface area contributed by atoms with E-state index in [1.165, 1.54) is 13.4 Å². The fraction of sp³-hybridized carbons (Fsp3) is 0.0769. The third-order valence-corrected chi connectivity index (χ3v) is 3.39. The average Bonchev–Trinajstić information content (AvgIpc) is 3.05. The first-order chi connectivity index (χ1) is 9.19. The van der Waals surface area contributed by atoms with Gasteiger partial charge in [0.25, 0.3) is 0 Å². The normalized spacial score (nSPS) is 10.8. The molecule has 3 aromatic heterocycles. The van der Waals surface area contributed by atoms with Crippen molar-refractivity contribution in [3.05, 3.63) is 46.9 Å². The number of ether oxygens (including phenoxy) is 1. The Bertz CT molecular complexity index is 760. The first-order valence-electron chi connectivity index (χ1n) is 5.49. The highest BCUT2D eigenvalue weighted by molar-refractivity contribution is 9.10. The summed E-state index contributed by atoms with van der Waals surface area (Å²) in [7, 11) is 1.34. The van der Waals surface area contributed by atoms with Crippen molar-refractivity contribution in [1.82, 2.24) is 9.61 Å². The van der Waals surface area contributed by atoms with Gasteiger partial charge in [-0.15, -0.1) is 0 Å². The number of hydrogen-bond donors (Lipinski definition) is 0. The van der Waals surface area contributed by atoms with Gasteiger partial charge >= 0.3 is 5.97 Å². The van der Waals surface area contributed by atoms with Gasteiger partial charge in [0.15, 0.2) is 0 Å². The van der Waals surface area contributed by atoms with Crippen LogP contribution in [0.25, 0.3) is 16.8 Å². The number of pyridine rings is 1. The molecule has 6 heteroatoms. The molecule has 5 nitrogen and oxygen atoms in total. The lowest BCUT2D eigenvalue weighted by atomic mass is 10.2. The van der Waals surface area contributed by atoms with Crippen LogP contribution in [0.2, 0.25) is 0 Å². The molecular formula is C13H9BrN2O3. The van der Waals surface area contributed by atoms with Gasteiger partial charge in [0, 0.05) is 11.8 Å². The molecule has 0 aliphatic rings. The van der Waals surface area contributed by atoms with Crippen LogP contribution in [0.1, 0.15) is 10.4 Å². The second kappa shape index (κ2) is 4.55. The highest BCUT2D eigenvalue weighted by Crippen LogP contribution is 2.26. The first kappa shape index (κ1) is 12.0. The Kier molecular flexibility index (Phi) is 2.87. The molecule has 3 rings (SSSR count). The molecule has 0 atom stereocenters. The van der Waals surface area contributed by atoms with Crippen molar-refractivity contribution in [1.29, 1.82) is 0 Å². The van der Waals surface area contributed by atoms with E-state index in [0.29, 0.717) is 11.3 Å². The number of nitrogens with zero attached hydrogens (tertiary/aromatic N) is 2. The largest absolute Gasteiger partial charge is 0.465 e. The van der Waals surface area contributed by atoms with E-state index in [-0.39, 0.29) is 0 Å². The van der Waals surface area contributed by atoms with Crippen molar-refractivity contribution in [2.75, 3.05) is 7.11 Å². The molecule has 0 unspecified atom stereocenters. The molecular weight excluding hydrogens is 312 g/mol. The molecule has 0 aromatic carbocycles. The molecule has 19 heavy (non-hydrogen) atoms. The molecule has 0 saturated carbocycles. The van der Waals surface area contributed by atoms with Crippen molar-refractivity contribution >= 4 is 27.4 Å². The summed E-state index contributed by atoms with van der Waals surface area (Å²) in [6.07, 6.45) is 4.94. The summed E-state index contributed by atoms with van der Waals surface area (Å²) >= 11 is 3.43. The number of rotatable bonds is 2. The Hall–Kier alpha value is -2.08. The first-order valence-corrected chi connectivity index (χ1v) is 6.28. The van der Waals surface area contributed by atoms with E-state index in [1.54, 1.807) is 16.8 Å². The van der Waals surface area contributed by atoms with Crippen LogP contribution in [0.15, 0.2) is 45.7 Å². The molecule has 96 valence electrons. The van der Waals surface area contributed by atoms with E-state index in [9.17, 15) is 4.79 Å². The fourth-order valence-electron chi connectivity index (χ4n) is 1.82. The van der Waals surface area contributed by atoms with Gasteiger partial charge in [-0.3, -0.25) is 0 Å². The summed E-state index contributed by atoms with van der Waals surface area (Å²) in [6.45, 7) is 0. The van der Waals surface area contributed by atoms with Gasteiger partial charge in [-0.2, -0.15) is 5.10 Å². The summed E-state index contributed by atoms with van der Waals surface area (Å²) in [4.78, 5) is 11.4. The van der Waals surface area contributed by atoms with Crippen LogP contribution in [0.5, 0.6) is 0 Å². The van der Waals surface area contributed by atoms with Crippen LogP contribution in [-0.4, -0.2) is 22.7 Å². The number of methoxy groups -OCH3 is 1. The molecule has 0 fully saturated rings. The number of furan rings is 1. The van der Waals surface area contributed by atoms with Crippen LogP contribution in [0.3, 0.4) is 0 Å². The topological polar surface area (TPSA) is 56.7 Å². The Morgan fingerprint density at radius 3 is 3.11 bits per heavy atom. The van der Waals surface area contributed by atoms with Gasteiger partial charge < -0.3 is 9.15 Å². The van der Waals surface area contributed by atoms with Gasteiger partial charge in [0.1, 0.15) is 12.0 Å². The lowest BCUT2D eigenvalue weighted by molar-refractivity contribution is 0.0600. The van der Waals surface area contributed by atoms with Crippen LogP contribution in [-0.2, 0) is 4.74 Å². The number of fused-ring (bicyclic) bond motifs is 1. The highest BCUT2D eigenvalue weighted by atomic mass is 79.9. The quantitative estimate of drug-likeness (QED) is 0.681. The molecule has 0 aliphatic carbocycles. The van der Waals surface area contributed by atoms with Crippen molar-refractivity contribution in [3.63, 3.8) is 0 Å². The van der Waals surface area contributed by atoms with Gasteiger partial charge in [-0.05, 0) is 34.1 Å². The molecule has 3 aromatic rings. The van der Waals surface area contributed by atoms with Crippen molar-refractivity contribution in [3.8, 4) is 11.3 Å². The minimum atomic E-state index is -0.415. The zero-order valence-electron chi connectivity index (χ0n) is 9.96. The van der Waals surface area contributed by atoms with Crippen LogP contribution >= 0.6 is 15.9 Å². The maximum atomic E-state index is 11.4. The average molecular weight is 321 g/mol. The third-order valence-electron chi connectivity index (χ3n) is 2.78. The third kappa shape index (κ3) is 2.04. The minimum Gasteiger partial charge on any atom is -0.465 e. The Labute approximate surface area is 116 Å². The van der Waals surface area contributed by atoms with Crippen LogP contribution in [0, 0.1) is 0 Å². The van der Waals surface area contributed by atoms with E-state index >= 15 is 0 Å². The maximum absolute atomic E-state index is 11.4. The van der Waals surface area contributed by atoms with E-state index in [2.05, 4.69) is 25.8 Å². The molecule has 0 radical (unpaired) electrons. The zero-order chi connectivity index (χ0) is 13.4. The van der Waals surface area contributed by atoms with E-state index in [4.69, 9.17) is 4.42 Å². The maximum Gasteiger partial charge on any atom is 0.341 e. The number of carbonyl (C=O) groups excluding carboxylic acids is 1. The zero-order valence-corrected chi connectivity index (χ0v) is 11.5. The summed E-state index contributed by atoms with van der Waals surface area (Å²) < 4.78 is 12.7. The standard InChI is InChI=1S/C13H9BrN2O3/c1-18-13(17)9-5-12(19-7-9)8-2-3-16-11(4-8)10(14)6-15-16/h2-7H,1H3. The molecule has 3 heterocycles. The predicted octanol–water partition coefficient (Wildman–Crippen LogP) is 3.14. The van der Waals surface area contributed by atoms with Gasteiger partial charge in [0.2, 0.25) is 0 Å². The lowest BCUT2D eigenvalue weighted by Gasteiger charge is -1.98. The second-order valence-corrected chi connectivity index (χ2v) is 4.78. The van der Waals surface area contributed by atoms with Crippen LogP contribution in [0.4, 0.5) is 0 Å². The minimum absolute atomic E-state index is 0.393. The molecule has 0 N–H and O–H groups in total. The number of carbonyl (C=O) groups is 1. The molecule has 0 bridgehead atoms. The SMILES string of the molecule is COC(=O)c1coc(-c2ccn3ncc(Br)c3c2)c1. The molecule has 0 saturated heterocycles. The Balaban J connectivity index is 2.06. The summed E-state index contributed by atoms with van der Waals surface area (Å²) in [6, 6.07) is 5.45. The molecule has 0 aliphatic heterocycles. The van der Waals surface area contributed by atoms with E-state index < -0.39 is 5.97 Å². The second-order valence-electron chi connectivity index (χ2n) is 3.93. The molecule has 0 spiro atoms. The summed E-state index contributed by atoms with van der Waals surface area (Å²) in [5, 5.41) is 4.16. The van der Waals surface area contributed by atoms with Gasteiger partial charge in [-0.25, -0.2) is 9.31 Å². The summed E-state index contributed by atoms with van der Waals surface area (Å²) in [5.74, 6) is 0.192. The van der Waals surface area contributed by atoms with E-state index in [0.717, 1.165) is 15.6 Å². The van der Waals surface area contributed by atoms with Crippen LogP contribution < -0.4 is 0 Å². The summed E-state index contributed by atoms with van der Waals surface area (Å²) in [5.41, 5.74) is 2.18. The lowest BCUT2D eigenvalue weighted by Crippen LogP contribution is -1.98. The number of hydrogen-bond acceptors (Lipinski definition) is 4. The van der Waals surface area contributed by atoms with Crippen molar-refractivity contribution in [2.24, 2.45) is 0 Å². The predicted molar refractivity (Wildman–Crippen MR) is 71.9 cm³/mol. The molecule has 0 amide bonds. The monoisotopic (exact) mass is 320 g/mol. The smallest absolute Gasteiger partial charge is 0.341 e. The van der Waals surface area contributed by atoms with Crippen molar-refractivity contribution in [2.45, 2.75) is 0 Å². The van der Waals surface area contributed by atoms with Crippen molar-refractivity contribution < 1.29 is 13.9 Å². The fourth-order valence-corrected chi connectivity index (χ4v) is 2.20. The Morgan fingerprint density at radius 1 is 1.47 bits per heavy atom. The van der Waals surface area contributed by atoms with E-state index in [1.807, 2.05) is 18.3 Å². The van der Waals surface area contributed by atoms with Gasteiger partial charge in [0.05, 0.1) is 28.9 Å². The number of aromatic nitrogens is 2. The number of halogens is 1.